The predicted molar refractivity (Wildman–Crippen MR) is 94.7 cm³/mol. The number of carbonyl (C=O) groups is 1. The molecule has 1 aromatic heterocycles. The van der Waals surface area contributed by atoms with Crippen LogP contribution < -0.4 is 5.32 Å². The van der Waals surface area contributed by atoms with Crippen molar-refractivity contribution in [3.63, 3.8) is 0 Å². The third-order valence-corrected chi connectivity index (χ3v) is 4.17. The van der Waals surface area contributed by atoms with Crippen molar-refractivity contribution in [1.29, 1.82) is 0 Å². The van der Waals surface area contributed by atoms with Gasteiger partial charge in [0.15, 0.2) is 0 Å². The molecule has 0 aliphatic heterocycles. The molecule has 6 nitrogen and oxygen atoms in total. The van der Waals surface area contributed by atoms with Crippen molar-refractivity contribution in [2.45, 2.75) is 39.0 Å². The van der Waals surface area contributed by atoms with Crippen molar-refractivity contribution in [2.75, 3.05) is 18.9 Å². The molecular weight excluding hydrogens is 323 g/mol. The van der Waals surface area contributed by atoms with Gasteiger partial charge in [-0.3, -0.25) is 9.69 Å². The first-order chi connectivity index (χ1) is 11.8. The molecule has 0 aliphatic carbocycles. The highest BCUT2D eigenvalue weighted by Gasteiger charge is 2.22. The number of likely N-dealkylation sites (N-methyl/N-ethyl adjacent to an activating group) is 1. The Balaban J connectivity index is 1.96. The molecule has 1 amide bonds. The van der Waals surface area contributed by atoms with Gasteiger partial charge in [0.1, 0.15) is 11.6 Å². The molecule has 0 fully saturated rings. The van der Waals surface area contributed by atoms with Crippen molar-refractivity contribution in [2.24, 2.45) is 0 Å². The fraction of sp³-hybridized carbons (Fsp3) is 0.444. The number of anilines is 1. The molecule has 0 aliphatic rings. The highest BCUT2D eigenvalue weighted by Crippen LogP contribution is 2.17. The zero-order valence-corrected chi connectivity index (χ0v) is 15.0. The van der Waals surface area contributed by atoms with Crippen molar-refractivity contribution in [3.8, 4) is 0 Å². The number of aliphatic hydroxyl groups is 1. The monoisotopic (exact) mass is 348 g/mol. The minimum absolute atomic E-state index is 0.138. The Morgan fingerprint density at radius 2 is 1.92 bits per heavy atom. The minimum atomic E-state index is -0.804. The van der Waals surface area contributed by atoms with Crippen molar-refractivity contribution >= 4 is 11.7 Å². The molecule has 0 spiro atoms. The summed E-state index contributed by atoms with van der Waals surface area (Å²) in [6.45, 7) is 5.99. The van der Waals surface area contributed by atoms with Crippen LogP contribution in [-0.4, -0.2) is 45.3 Å². The van der Waals surface area contributed by atoms with Crippen molar-refractivity contribution in [3.05, 3.63) is 47.9 Å². The van der Waals surface area contributed by atoms with Gasteiger partial charge in [-0.25, -0.2) is 9.07 Å². The third-order valence-electron chi connectivity index (χ3n) is 4.17. The van der Waals surface area contributed by atoms with Crippen molar-refractivity contribution < 1.29 is 14.3 Å². The maximum atomic E-state index is 13.0. The largest absolute Gasteiger partial charge is 0.387 e. The molecule has 0 saturated heterocycles. The molecule has 2 rings (SSSR count). The van der Waals surface area contributed by atoms with Crippen LogP contribution in [0.15, 0.2) is 36.5 Å². The van der Waals surface area contributed by atoms with Gasteiger partial charge in [-0.05, 0) is 45.5 Å². The topological polar surface area (TPSA) is 70.4 Å². The molecule has 2 N–H and O–H groups in total. The first-order valence-electron chi connectivity index (χ1n) is 8.27. The fourth-order valence-electron chi connectivity index (χ4n) is 2.48. The van der Waals surface area contributed by atoms with Crippen LogP contribution in [0, 0.1) is 5.82 Å². The second-order valence-electron chi connectivity index (χ2n) is 6.43. The summed E-state index contributed by atoms with van der Waals surface area (Å²) >= 11 is 0. The van der Waals surface area contributed by atoms with Gasteiger partial charge in [0.2, 0.25) is 5.91 Å². The maximum absolute atomic E-state index is 13.0. The van der Waals surface area contributed by atoms with Crippen LogP contribution in [0.3, 0.4) is 0 Å². The standard InChI is InChI=1S/C18H25FN4O2/c1-12(2)23-17(9-10-20-23)21-18(25)13(3)22(4)11-16(24)14-5-7-15(19)8-6-14/h5-10,12-13,16,24H,11H2,1-4H3,(H,21,25)/t13-,16+/m0/s1. The van der Waals surface area contributed by atoms with E-state index in [9.17, 15) is 14.3 Å². The Hall–Kier alpha value is -2.25. The summed E-state index contributed by atoms with van der Waals surface area (Å²) in [7, 11) is 1.76. The number of hydrogen-bond donors (Lipinski definition) is 2. The van der Waals surface area contributed by atoms with Crippen LogP contribution in [0.2, 0.25) is 0 Å². The number of aromatic nitrogens is 2. The molecule has 1 heterocycles. The second-order valence-corrected chi connectivity index (χ2v) is 6.43. The van der Waals surface area contributed by atoms with Gasteiger partial charge in [-0.15, -0.1) is 0 Å². The number of nitrogens with one attached hydrogen (secondary N) is 1. The summed E-state index contributed by atoms with van der Waals surface area (Å²) < 4.78 is 14.7. The quantitative estimate of drug-likeness (QED) is 0.807. The fourth-order valence-corrected chi connectivity index (χ4v) is 2.48. The summed E-state index contributed by atoms with van der Waals surface area (Å²) in [6, 6.07) is 7.13. The molecular formula is C18H25FN4O2. The highest BCUT2D eigenvalue weighted by atomic mass is 19.1. The molecule has 0 radical (unpaired) electrons. The van der Waals surface area contributed by atoms with E-state index in [-0.39, 0.29) is 24.3 Å². The summed E-state index contributed by atoms with van der Waals surface area (Å²) in [5, 5.41) is 17.3. The maximum Gasteiger partial charge on any atom is 0.242 e. The molecule has 0 saturated carbocycles. The molecule has 2 atom stereocenters. The van der Waals surface area contributed by atoms with Gasteiger partial charge in [0, 0.05) is 18.7 Å². The van der Waals surface area contributed by atoms with Crippen molar-refractivity contribution in [1.82, 2.24) is 14.7 Å². The SMILES string of the molecule is CC(C)n1nccc1NC(=O)[C@H](C)N(C)C[C@@H](O)c1ccc(F)cc1. The Morgan fingerprint density at radius 1 is 1.28 bits per heavy atom. The van der Waals surface area contributed by atoms with Crippen LogP contribution in [0.4, 0.5) is 10.2 Å². The lowest BCUT2D eigenvalue weighted by Crippen LogP contribution is -2.41. The van der Waals surface area contributed by atoms with Gasteiger partial charge in [-0.2, -0.15) is 5.10 Å². The van der Waals surface area contributed by atoms with Gasteiger partial charge in [0.25, 0.3) is 0 Å². The number of benzene rings is 1. The lowest BCUT2D eigenvalue weighted by Gasteiger charge is -2.26. The number of rotatable bonds is 7. The van der Waals surface area contributed by atoms with E-state index in [2.05, 4.69) is 10.4 Å². The Labute approximate surface area is 147 Å². The van der Waals surface area contributed by atoms with E-state index in [1.54, 1.807) is 47.9 Å². The average molecular weight is 348 g/mol. The molecule has 0 unspecified atom stereocenters. The lowest BCUT2D eigenvalue weighted by atomic mass is 10.1. The molecule has 25 heavy (non-hydrogen) atoms. The second kappa shape index (κ2) is 8.22. The first-order valence-corrected chi connectivity index (χ1v) is 8.27. The molecule has 0 bridgehead atoms. The first kappa shape index (κ1) is 19.1. The average Bonchev–Trinajstić information content (AvgIpc) is 3.02. The summed E-state index contributed by atoms with van der Waals surface area (Å²) in [6.07, 6.45) is 0.837. The Kier molecular flexibility index (Phi) is 6.27. The van der Waals surface area contributed by atoms with Crippen LogP contribution in [0.25, 0.3) is 0 Å². The van der Waals surface area contributed by atoms with Crippen LogP contribution >= 0.6 is 0 Å². The Morgan fingerprint density at radius 3 is 2.52 bits per heavy atom. The Bertz CT molecular complexity index is 699. The summed E-state index contributed by atoms with van der Waals surface area (Å²) in [5.74, 6) is 0.106. The van der Waals surface area contributed by atoms with Crippen LogP contribution in [0.1, 0.15) is 38.5 Å². The van der Waals surface area contributed by atoms with Gasteiger partial charge >= 0.3 is 0 Å². The number of nitrogens with zero attached hydrogens (tertiary/aromatic N) is 3. The third kappa shape index (κ3) is 4.87. The number of carbonyl (C=O) groups excluding carboxylic acids is 1. The highest BCUT2D eigenvalue weighted by molar-refractivity contribution is 5.93. The molecule has 7 heteroatoms. The van der Waals surface area contributed by atoms with E-state index >= 15 is 0 Å². The predicted octanol–water partition coefficient (Wildman–Crippen LogP) is 2.60. The molecule has 1 aromatic carbocycles. The molecule has 2 aromatic rings. The van der Waals surface area contributed by atoms with E-state index in [0.717, 1.165) is 0 Å². The number of aliphatic hydroxyl groups excluding tert-OH is 1. The van der Waals surface area contributed by atoms with E-state index < -0.39 is 12.1 Å². The zero-order chi connectivity index (χ0) is 18.6. The number of halogens is 1. The van der Waals surface area contributed by atoms with Gasteiger partial charge < -0.3 is 10.4 Å². The summed E-state index contributed by atoms with van der Waals surface area (Å²) in [4.78, 5) is 14.2. The molecule has 136 valence electrons. The van der Waals surface area contributed by atoms with Gasteiger partial charge in [-0.1, -0.05) is 12.1 Å². The van der Waals surface area contributed by atoms with Gasteiger partial charge in [0.05, 0.1) is 18.3 Å². The lowest BCUT2D eigenvalue weighted by molar-refractivity contribution is -0.120. The minimum Gasteiger partial charge on any atom is -0.387 e. The smallest absolute Gasteiger partial charge is 0.242 e. The van der Waals surface area contributed by atoms with E-state index in [1.165, 1.54) is 12.1 Å². The zero-order valence-electron chi connectivity index (χ0n) is 15.0. The van der Waals surface area contributed by atoms with E-state index in [0.29, 0.717) is 11.4 Å². The van der Waals surface area contributed by atoms with Crippen LogP contribution in [-0.2, 0) is 4.79 Å². The van der Waals surface area contributed by atoms with E-state index in [4.69, 9.17) is 0 Å². The number of hydrogen-bond acceptors (Lipinski definition) is 4. The normalized spacial score (nSPS) is 13.9. The number of amides is 1. The van der Waals surface area contributed by atoms with E-state index in [1.807, 2.05) is 13.8 Å². The van der Waals surface area contributed by atoms with Crippen LogP contribution in [0.5, 0.6) is 0 Å². The summed E-state index contributed by atoms with van der Waals surface area (Å²) in [5.41, 5.74) is 0.610.